The third-order valence-corrected chi connectivity index (χ3v) is 4.15. The number of hydrazone groups is 1. The van der Waals surface area contributed by atoms with Crippen LogP contribution in [-0.2, 0) is 6.54 Å². The number of nitrogens with zero attached hydrogens (tertiary/aromatic N) is 1. The topological polar surface area (TPSA) is 33.6 Å². The Morgan fingerprint density at radius 1 is 1.22 bits per heavy atom. The fraction of sp³-hybridized carbons (Fsp3) is 0.235. The van der Waals surface area contributed by atoms with Gasteiger partial charge in [0.1, 0.15) is 5.75 Å². The van der Waals surface area contributed by atoms with E-state index in [1.54, 1.807) is 18.3 Å². The molecule has 122 valence electrons. The minimum Gasteiger partial charge on any atom is -0.490 e. The van der Waals surface area contributed by atoms with Crippen molar-refractivity contribution in [1.82, 2.24) is 5.43 Å². The molecule has 2 aromatic rings. The largest absolute Gasteiger partial charge is 0.490 e. The van der Waals surface area contributed by atoms with Crippen LogP contribution in [0.2, 0.25) is 10.0 Å². The molecular weight excluding hydrogens is 399 g/mol. The van der Waals surface area contributed by atoms with Gasteiger partial charge < -0.3 is 10.2 Å². The van der Waals surface area contributed by atoms with E-state index in [0.717, 1.165) is 21.3 Å². The van der Waals surface area contributed by atoms with Crippen LogP contribution in [0.4, 0.5) is 0 Å². The molecule has 2 rings (SSSR count). The Hall–Kier alpha value is -1.23. The van der Waals surface area contributed by atoms with E-state index in [-0.39, 0.29) is 6.10 Å². The van der Waals surface area contributed by atoms with Crippen molar-refractivity contribution >= 4 is 45.3 Å². The minimum atomic E-state index is 0.0956. The summed E-state index contributed by atoms with van der Waals surface area (Å²) in [6.45, 7) is 4.42. The molecule has 0 bridgehead atoms. The highest BCUT2D eigenvalue weighted by Gasteiger charge is 2.06. The standard InChI is InChI=1S/C17H17BrCl2N2O/c1-11(2)23-17-7-6-13(18)8-12(17)9-21-22-10-14-15(19)4-3-5-16(14)20/h3-9,11,22H,10H2,1-2H3/b21-9-. The molecule has 0 unspecified atom stereocenters. The van der Waals surface area contributed by atoms with Crippen molar-refractivity contribution in [3.63, 3.8) is 0 Å². The van der Waals surface area contributed by atoms with Crippen LogP contribution in [0.25, 0.3) is 0 Å². The first-order valence-corrected chi connectivity index (χ1v) is 8.67. The van der Waals surface area contributed by atoms with Gasteiger partial charge in [-0.2, -0.15) is 5.10 Å². The average molecular weight is 416 g/mol. The van der Waals surface area contributed by atoms with Crippen molar-refractivity contribution in [1.29, 1.82) is 0 Å². The minimum absolute atomic E-state index is 0.0956. The summed E-state index contributed by atoms with van der Waals surface area (Å²) in [7, 11) is 0. The maximum Gasteiger partial charge on any atom is 0.128 e. The first-order chi connectivity index (χ1) is 11.0. The van der Waals surface area contributed by atoms with E-state index in [0.29, 0.717) is 16.6 Å². The maximum atomic E-state index is 6.13. The van der Waals surface area contributed by atoms with E-state index in [2.05, 4.69) is 26.5 Å². The molecule has 0 spiro atoms. The highest BCUT2D eigenvalue weighted by molar-refractivity contribution is 9.10. The summed E-state index contributed by atoms with van der Waals surface area (Å²) < 4.78 is 6.73. The van der Waals surface area contributed by atoms with Gasteiger partial charge in [-0.3, -0.25) is 0 Å². The van der Waals surface area contributed by atoms with Crippen molar-refractivity contribution in [2.24, 2.45) is 5.10 Å². The third-order valence-electron chi connectivity index (χ3n) is 2.95. The zero-order valence-electron chi connectivity index (χ0n) is 12.8. The van der Waals surface area contributed by atoms with Gasteiger partial charge in [0.05, 0.1) is 18.9 Å². The highest BCUT2D eigenvalue weighted by atomic mass is 79.9. The molecule has 0 aromatic heterocycles. The van der Waals surface area contributed by atoms with Gasteiger partial charge >= 0.3 is 0 Å². The van der Waals surface area contributed by atoms with Crippen LogP contribution in [-0.4, -0.2) is 12.3 Å². The van der Waals surface area contributed by atoms with Gasteiger partial charge in [0, 0.05) is 25.6 Å². The molecule has 3 nitrogen and oxygen atoms in total. The summed E-state index contributed by atoms with van der Waals surface area (Å²) >= 11 is 15.7. The van der Waals surface area contributed by atoms with Gasteiger partial charge in [0.15, 0.2) is 0 Å². The summed E-state index contributed by atoms with van der Waals surface area (Å²) in [6, 6.07) is 11.2. The lowest BCUT2D eigenvalue weighted by Gasteiger charge is -2.12. The number of nitrogens with one attached hydrogen (secondary N) is 1. The second-order valence-corrected chi connectivity index (χ2v) is 6.87. The second kappa shape index (κ2) is 8.57. The molecule has 0 radical (unpaired) electrons. The molecule has 2 aromatic carbocycles. The van der Waals surface area contributed by atoms with Crippen molar-refractivity contribution in [3.05, 3.63) is 62.0 Å². The fourth-order valence-electron chi connectivity index (χ4n) is 1.92. The normalized spacial score (nSPS) is 11.2. The van der Waals surface area contributed by atoms with E-state index in [1.165, 1.54) is 0 Å². The van der Waals surface area contributed by atoms with Crippen molar-refractivity contribution in [2.75, 3.05) is 0 Å². The molecule has 0 saturated carbocycles. The molecule has 0 atom stereocenters. The molecule has 1 N–H and O–H groups in total. The Morgan fingerprint density at radius 2 is 1.91 bits per heavy atom. The van der Waals surface area contributed by atoms with Crippen LogP contribution in [0.3, 0.4) is 0 Å². The van der Waals surface area contributed by atoms with Gasteiger partial charge in [-0.15, -0.1) is 0 Å². The molecule has 0 heterocycles. The Labute approximate surface area is 154 Å². The van der Waals surface area contributed by atoms with Gasteiger partial charge in [-0.25, -0.2) is 0 Å². The van der Waals surface area contributed by atoms with Crippen LogP contribution < -0.4 is 10.2 Å². The molecule has 0 aliphatic carbocycles. The number of hydrogen-bond donors (Lipinski definition) is 1. The fourth-order valence-corrected chi connectivity index (χ4v) is 2.83. The molecule has 0 aliphatic rings. The molecule has 23 heavy (non-hydrogen) atoms. The number of ether oxygens (including phenoxy) is 1. The van der Waals surface area contributed by atoms with Crippen LogP contribution >= 0.6 is 39.1 Å². The van der Waals surface area contributed by atoms with E-state index in [1.807, 2.05) is 38.1 Å². The van der Waals surface area contributed by atoms with Gasteiger partial charge in [-0.1, -0.05) is 45.2 Å². The first kappa shape index (κ1) is 18.1. The lowest BCUT2D eigenvalue weighted by atomic mass is 10.2. The van der Waals surface area contributed by atoms with Crippen molar-refractivity contribution in [3.8, 4) is 5.75 Å². The number of hydrogen-bond acceptors (Lipinski definition) is 3. The first-order valence-electron chi connectivity index (χ1n) is 7.12. The Bertz CT molecular complexity index is 685. The monoisotopic (exact) mass is 414 g/mol. The second-order valence-electron chi connectivity index (χ2n) is 5.14. The number of halogens is 3. The van der Waals surface area contributed by atoms with Gasteiger partial charge in [0.25, 0.3) is 0 Å². The van der Waals surface area contributed by atoms with E-state index < -0.39 is 0 Å². The molecule has 0 amide bonds. The van der Waals surface area contributed by atoms with Crippen LogP contribution in [0.5, 0.6) is 5.75 Å². The molecule has 0 aliphatic heterocycles. The molecule has 0 saturated heterocycles. The summed E-state index contributed by atoms with van der Waals surface area (Å²) in [5.74, 6) is 0.782. The maximum absolute atomic E-state index is 6.13. The zero-order chi connectivity index (χ0) is 16.8. The summed E-state index contributed by atoms with van der Waals surface area (Å²) in [5, 5.41) is 5.47. The van der Waals surface area contributed by atoms with Crippen LogP contribution in [0.15, 0.2) is 46.0 Å². The lowest BCUT2D eigenvalue weighted by Crippen LogP contribution is -2.09. The summed E-state index contributed by atoms with van der Waals surface area (Å²) in [6.07, 6.45) is 1.81. The lowest BCUT2D eigenvalue weighted by molar-refractivity contribution is 0.242. The van der Waals surface area contributed by atoms with E-state index in [4.69, 9.17) is 27.9 Å². The molecular formula is C17H17BrCl2N2O. The highest BCUT2D eigenvalue weighted by Crippen LogP contribution is 2.24. The smallest absolute Gasteiger partial charge is 0.128 e. The van der Waals surface area contributed by atoms with Gasteiger partial charge in [-0.05, 0) is 44.2 Å². The molecule has 6 heteroatoms. The van der Waals surface area contributed by atoms with E-state index >= 15 is 0 Å². The SMILES string of the molecule is CC(C)Oc1ccc(Br)cc1/C=N\NCc1c(Cl)cccc1Cl. The van der Waals surface area contributed by atoms with Crippen LogP contribution in [0, 0.1) is 0 Å². The molecule has 0 fully saturated rings. The van der Waals surface area contributed by atoms with Crippen molar-refractivity contribution < 1.29 is 4.74 Å². The van der Waals surface area contributed by atoms with Gasteiger partial charge in [0.2, 0.25) is 0 Å². The number of rotatable bonds is 6. The Morgan fingerprint density at radius 3 is 2.57 bits per heavy atom. The van der Waals surface area contributed by atoms with E-state index in [9.17, 15) is 0 Å². The predicted octanol–water partition coefficient (Wildman–Crippen LogP) is 5.67. The Balaban J connectivity index is 2.07. The quantitative estimate of drug-likeness (QED) is 0.487. The predicted molar refractivity (Wildman–Crippen MR) is 101 cm³/mol. The zero-order valence-corrected chi connectivity index (χ0v) is 15.9. The number of benzene rings is 2. The third kappa shape index (κ3) is 5.41. The van der Waals surface area contributed by atoms with Crippen molar-refractivity contribution in [2.45, 2.75) is 26.5 Å². The van der Waals surface area contributed by atoms with Crippen LogP contribution in [0.1, 0.15) is 25.0 Å². The summed E-state index contributed by atoms with van der Waals surface area (Å²) in [5.41, 5.74) is 4.66. The Kier molecular flexibility index (Phi) is 6.75. The summed E-state index contributed by atoms with van der Waals surface area (Å²) in [4.78, 5) is 0. The average Bonchev–Trinajstić information content (AvgIpc) is 2.48.